The van der Waals surface area contributed by atoms with Gasteiger partial charge < -0.3 is 16.0 Å². The fourth-order valence-corrected chi connectivity index (χ4v) is 4.95. The molecule has 2 aliphatic carbocycles. The topological polar surface area (TPSA) is 96.2 Å². The number of pyridine rings is 1. The molecule has 2 aromatic rings. The highest BCUT2D eigenvalue weighted by Gasteiger charge is 2.49. The van der Waals surface area contributed by atoms with Crippen LogP contribution in [0, 0.1) is 17.3 Å². The number of nitrogens with zero attached hydrogens (tertiary/aromatic N) is 2. The molecule has 1 unspecified atom stereocenters. The van der Waals surface area contributed by atoms with Crippen molar-refractivity contribution in [3.63, 3.8) is 0 Å². The molecule has 8 heteroatoms. The van der Waals surface area contributed by atoms with E-state index < -0.39 is 5.41 Å². The van der Waals surface area contributed by atoms with Gasteiger partial charge in [0.15, 0.2) is 5.82 Å². The molecule has 29 heavy (non-hydrogen) atoms. The summed E-state index contributed by atoms with van der Waals surface area (Å²) in [5, 5.41) is 4.73. The third-order valence-corrected chi connectivity index (χ3v) is 6.82. The number of aliphatic imine (C=N–C) groups is 1. The van der Waals surface area contributed by atoms with Crippen LogP contribution in [0.25, 0.3) is 11.0 Å². The number of rotatable bonds is 4. The van der Waals surface area contributed by atoms with Crippen molar-refractivity contribution >= 4 is 34.3 Å². The summed E-state index contributed by atoms with van der Waals surface area (Å²) in [7, 11) is 0. The summed E-state index contributed by atoms with van der Waals surface area (Å²) >= 11 is 6.13. The molecule has 0 spiro atoms. The second-order valence-corrected chi connectivity index (χ2v) is 9.19. The van der Waals surface area contributed by atoms with Gasteiger partial charge in [0.2, 0.25) is 5.91 Å². The van der Waals surface area contributed by atoms with E-state index in [1.807, 2.05) is 19.2 Å². The van der Waals surface area contributed by atoms with E-state index >= 15 is 0 Å². The molecule has 3 aliphatic rings. The van der Waals surface area contributed by atoms with E-state index in [2.05, 4.69) is 15.3 Å². The lowest BCUT2D eigenvalue weighted by atomic mass is 9.73. The first-order chi connectivity index (χ1) is 13.9. The number of aromatic amines is 1. The Hall–Kier alpha value is -2.41. The van der Waals surface area contributed by atoms with Gasteiger partial charge in [-0.05, 0) is 31.7 Å². The van der Waals surface area contributed by atoms with Crippen LogP contribution in [0.4, 0.5) is 4.39 Å². The Morgan fingerprint density at radius 2 is 2.28 bits per heavy atom. The van der Waals surface area contributed by atoms with Crippen LogP contribution in [0.15, 0.2) is 35.1 Å². The van der Waals surface area contributed by atoms with Gasteiger partial charge in [-0.15, -0.1) is 0 Å². The molecule has 0 saturated heterocycles. The second-order valence-electron chi connectivity index (χ2n) is 8.76. The van der Waals surface area contributed by atoms with Gasteiger partial charge in [0.05, 0.1) is 10.7 Å². The molecule has 152 valence electrons. The van der Waals surface area contributed by atoms with Crippen molar-refractivity contribution in [1.82, 2.24) is 15.3 Å². The summed E-state index contributed by atoms with van der Waals surface area (Å²) in [6, 6.07) is 1.83. The van der Waals surface area contributed by atoms with Crippen LogP contribution < -0.4 is 11.1 Å². The summed E-state index contributed by atoms with van der Waals surface area (Å²) in [6.45, 7) is 1.89. The van der Waals surface area contributed by atoms with Crippen molar-refractivity contribution in [3.05, 3.63) is 40.7 Å². The van der Waals surface area contributed by atoms with Gasteiger partial charge in [0.1, 0.15) is 11.5 Å². The second kappa shape index (κ2) is 6.55. The first-order valence-electron chi connectivity index (χ1n) is 10.0. The Balaban J connectivity index is 1.46. The average Bonchev–Trinajstić information content (AvgIpc) is 3.38. The minimum absolute atomic E-state index is 0.0265. The van der Waals surface area contributed by atoms with Crippen molar-refractivity contribution in [2.45, 2.75) is 45.1 Å². The maximum absolute atomic E-state index is 15.0. The lowest BCUT2D eigenvalue weighted by molar-refractivity contribution is -0.128. The number of primary amides is 1. The lowest BCUT2D eigenvalue weighted by Crippen LogP contribution is -2.44. The van der Waals surface area contributed by atoms with Gasteiger partial charge in [0, 0.05) is 46.6 Å². The van der Waals surface area contributed by atoms with Crippen LogP contribution in [0.5, 0.6) is 0 Å². The maximum Gasteiger partial charge on any atom is 0.223 e. The highest BCUT2D eigenvalue weighted by atomic mass is 35.5. The summed E-state index contributed by atoms with van der Waals surface area (Å²) < 4.78 is 15.0. The zero-order valence-electron chi connectivity index (χ0n) is 16.1. The SMILES string of the molecule is C[C@@]1(C(N)=O)CCCC(NC2=C(F)[C@@H]3C[C@H]3C(c3c[nH]c4ncc(Cl)cc34)=N2)C1. The van der Waals surface area contributed by atoms with E-state index in [0.717, 1.165) is 48.0 Å². The highest BCUT2D eigenvalue weighted by molar-refractivity contribution is 6.31. The van der Waals surface area contributed by atoms with Gasteiger partial charge >= 0.3 is 0 Å². The van der Waals surface area contributed by atoms with Crippen LogP contribution in [0.1, 0.15) is 44.6 Å². The molecule has 4 atom stereocenters. The molecule has 1 amide bonds. The number of hydrogen-bond acceptors (Lipinski definition) is 4. The lowest BCUT2D eigenvalue weighted by Gasteiger charge is -2.36. The first-order valence-corrected chi connectivity index (χ1v) is 10.4. The Bertz CT molecular complexity index is 1080. The van der Waals surface area contributed by atoms with Crippen molar-refractivity contribution in [1.29, 1.82) is 0 Å². The maximum atomic E-state index is 15.0. The number of nitrogens with one attached hydrogen (secondary N) is 2. The van der Waals surface area contributed by atoms with E-state index in [1.165, 1.54) is 0 Å². The Labute approximate surface area is 172 Å². The molecule has 2 saturated carbocycles. The number of amides is 1. The molecular formula is C21H23ClFN5O. The van der Waals surface area contributed by atoms with Gasteiger partial charge in [-0.2, -0.15) is 0 Å². The number of H-pyrrole nitrogens is 1. The Morgan fingerprint density at radius 1 is 1.45 bits per heavy atom. The van der Waals surface area contributed by atoms with Crippen LogP contribution >= 0.6 is 11.6 Å². The zero-order chi connectivity index (χ0) is 20.3. The normalized spacial score (nSPS) is 31.4. The van der Waals surface area contributed by atoms with E-state index in [0.29, 0.717) is 17.3 Å². The molecular weight excluding hydrogens is 393 g/mol. The predicted octanol–water partition coefficient (Wildman–Crippen LogP) is 3.82. The number of allylic oxidation sites excluding steroid dienone is 1. The number of fused-ring (bicyclic) bond motifs is 2. The minimum Gasteiger partial charge on any atom is -0.369 e. The van der Waals surface area contributed by atoms with Crippen LogP contribution in [-0.4, -0.2) is 27.6 Å². The summed E-state index contributed by atoms with van der Waals surface area (Å²) in [4.78, 5) is 24.0. The summed E-state index contributed by atoms with van der Waals surface area (Å²) in [5.74, 6) is -0.228. The van der Waals surface area contributed by atoms with Crippen molar-refractivity contribution in [3.8, 4) is 0 Å². The quantitative estimate of drug-likeness (QED) is 0.708. The van der Waals surface area contributed by atoms with Gasteiger partial charge in [-0.3, -0.25) is 4.79 Å². The fourth-order valence-electron chi connectivity index (χ4n) is 4.79. The van der Waals surface area contributed by atoms with Crippen LogP contribution in [0.3, 0.4) is 0 Å². The number of aromatic nitrogens is 2. The largest absolute Gasteiger partial charge is 0.369 e. The van der Waals surface area contributed by atoms with E-state index in [4.69, 9.17) is 22.3 Å². The summed E-state index contributed by atoms with van der Waals surface area (Å²) in [5.41, 5.74) is 7.56. The fraction of sp³-hybridized carbons (Fsp3) is 0.476. The van der Waals surface area contributed by atoms with E-state index in [9.17, 15) is 9.18 Å². The Kier molecular flexibility index (Phi) is 4.21. The molecule has 0 aromatic carbocycles. The molecule has 3 heterocycles. The third kappa shape index (κ3) is 3.12. The number of carbonyl (C=O) groups excluding carboxylic acids is 1. The zero-order valence-corrected chi connectivity index (χ0v) is 16.9. The molecule has 1 aliphatic heterocycles. The molecule has 6 nitrogen and oxygen atoms in total. The number of hydrogen-bond donors (Lipinski definition) is 3. The predicted molar refractivity (Wildman–Crippen MR) is 110 cm³/mol. The number of carbonyl (C=O) groups is 1. The standard InChI is InChI=1S/C21H23ClFN5O/c1-21(20(24)29)4-2-3-11(7-21)27-19-16(23)12-6-13(12)17(28-19)15-9-26-18-14(15)5-10(22)8-25-18/h5,8-9,11-13,27H,2-4,6-7H2,1H3,(H2,24,29)(H,25,26)/t11?,12-,13-,21-/m1/s1. The summed E-state index contributed by atoms with van der Waals surface area (Å²) in [6.07, 6.45) is 7.31. The third-order valence-electron chi connectivity index (χ3n) is 6.61. The minimum atomic E-state index is -0.560. The van der Waals surface area contributed by atoms with Gasteiger partial charge in [-0.25, -0.2) is 14.4 Å². The van der Waals surface area contributed by atoms with Crippen LogP contribution in [-0.2, 0) is 4.79 Å². The van der Waals surface area contributed by atoms with Crippen molar-refractivity contribution < 1.29 is 9.18 Å². The Morgan fingerprint density at radius 3 is 3.07 bits per heavy atom. The highest BCUT2D eigenvalue weighted by Crippen LogP contribution is 2.51. The van der Waals surface area contributed by atoms with Crippen LogP contribution in [0.2, 0.25) is 5.02 Å². The molecule has 0 radical (unpaired) electrons. The molecule has 2 aromatic heterocycles. The molecule has 4 N–H and O–H groups in total. The monoisotopic (exact) mass is 415 g/mol. The number of halogens is 2. The number of nitrogens with two attached hydrogens (primary N) is 1. The van der Waals surface area contributed by atoms with E-state index in [1.54, 1.807) is 6.20 Å². The first kappa shape index (κ1) is 18.6. The average molecular weight is 416 g/mol. The molecule has 5 rings (SSSR count). The molecule has 0 bridgehead atoms. The van der Waals surface area contributed by atoms with Crippen molar-refractivity contribution in [2.75, 3.05) is 0 Å². The smallest absolute Gasteiger partial charge is 0.223 e. The van der Waals surface area contributed by atoms with Gasteiger partial charge in [0.25, 0.3) is 0 Å². The molecule has 2 fully saturated rings. The van der Waals surface area contributed by atoms with E-state index in [-0.39, 0.29) is 29.6 Å². The van der Waals surface area contributed by atoms with Gasteiger partial charge in [-0.1, -0.05) is 24.9 Å². The van der Waals surface area contributed by atoms with Crippen molar-refractivity contribution in [2.24, 2.45) is 28.0 Å².